The Balaban J connectivity index is 2.41. The van der Waals surface area contributed by atoms with Gasteiger partial charge in [-0.2, -0.15) is 0 Å². The molecule has 0 bridgehead atoms. The molecule has 1 atom stereocenters. The molecule has 0 aliphatic carbocycles. The molecule has 0 aromatic heterocycles. The van der Waals surface area contributed by atoms with Crippen molar-refractivity contribution in [3.8, 4) is 0 Å². The van der Waals surface area contributed by atoms with Crippen LogP contribution in [0.25, 0.3) is 0 Å². The summed E-state index contributed by atoms with van der Waals surface area (Å²) in [6.45, 7) is 10.4. The van der Waals surface area contributed by atoms with Crippen LogP contribution in [0, 0.1) is 5.41 Å². The summed E-state index contributed by atoms with van der Waals surface area (Å²) in [5, 5.41) is 0. The third kappa shape index (κ3) is 3.46. The van der Waals surface area contributed by atoms with Crippen molar-refractivity contribution in [3.05, 3.63) is 0 Å². The van der Waals surface area contributed by atoms with E-state index in [1.54, 1.807) is 0 Å². The van der Waals surface area contributed by atoms with Crippen molar-refractivity contribution in [2.45, 2.75) is 58.9 Å². The first-order chi connectivity index (χ1) is 7.15. The van der Waals surface area contributed by atoms with E-state index in [2.05, 4.69) is 25.7 Å². The topological polar surface area (TPSA) is 29.3 Å². The zero-order valence-electron chi connectivity index (χ0n) is 10.8. The normalized spacial score (nSPS) is 24.0. The van der Waals surface area contributed by atoms with E-state index in [1.165, 1.54) is 45.2 Å². The van der Waals surface area contributed by atoms with Gasteiger partial charge in [-0.3, -0.25) is 0 Å². The van der Waals surface area contributed by atoms with Crippen molar-refractivity contribution in [2.75, 3.05) is 19.6 Å². The first-order valence-electron chi connectivity index (χ1n) is 6.59. The van der Waals surface area contributed by atoms with Gasteiger partial charge in [0, 0.05) is 6.04 Å². The van der Waals surface area contributed by atoms with Gasteiger partial charge in [-0.25, -0.2) is 0 Å². The number of piperidine rings is 1. The van der Waals surface area contributed by atoms with E-state index in [1.807, 2.05) is 0 Å². The number of nitrogens with two attached hydrogens (primary N) is 1. The van der Waals surface area contributed by atoms with Crippen molar-refractivity contribution < 1.29 is 0 Å². The molecule has 0 spiro atoms. The molecule has 0 radical (unpaired) electrons. The number of rotatable bonds is 5. The molecule has 0 amide bonds. The van der Waals surface area contributed by atoms with Gasteiger partial charge < -0.3 is 10.6 Å². The first kappa shape index (κ1) is 13.0. The molecular weight excluding hydrogens is 184 g/mol. The SMILES string of the molecule is CCC(CCN)N1CCC(C)(CC)CC1. The molecule has 2 N–H and O–H groups in total. The second-order valence-corrected chi connectivity index (χ2v) is 5.34. The number of hydrogen-bond donors (Lipinski definition) is 1. The van der Waals surface area contributed by atoms with Crippen LogP contribution in [0.4, 0.5) is 0 Å². The minimum atomic E-state index is 0.609. The summed E-state index contributed by atoms with van der Waals surface area (Å²) in [6, 6.07) is 0.733. The Morgan fingerprint density at radius 1 is 1.27 bits per heavy atom. The molecule has 1 rings (SSSR count). The third-order valence-electron chi connectivity index (χ3n) is 4.35. The lowest BCUT2D eigenvalue weighted by Crippen LogP contribution is -2.44. The molecule has 0 aromatic carbocycles. The van der Waals surface area contributed by atoms with Crippen molar-refractivity contribution in [3.63, 3.8) is 0 Å². The van der Waals surface area contributed by atoms with Gasteiger partial charge in [-0.15, -0.1) is 0 Å². The fraction of sp³-hybridized carbons (Fsp3) is 1.00. The molecule has 90 valence electrons. The van der Waals surface area contributed by atoms with Crippen LogP contribution in [-0.4, -0.2) is 30.6 Å². The fourth-order valence-corrected chi connectivity index (χ4v) is 2.62. The Hall–Kier alpha value is -0.0800. The average molecular weight is 212 g/mol. The fourth-order valence-electron chi connectivity index (χ4n) is 2.62. The van der Waals surface area contributed by atoms with Gasteiger partial charge in [0.1, 0.15) is 0 Å². The molecule has 1 aliphatic rings. The van der Waals surface area contributed by atoms with Crippen LogP contribution in [0.3, 0.4) is 0 Å². The van der Waals surface area contributed by atoms with E-state index in [0.717, 1.165) is 12.6 Å². The molecule has 15 heavy (non-hydrogen) atoms. The zero-order valence-corrected chi connectivity index (χ0v) is 10.8. The monoisotopic (exact) mass is 212 g/mol. The van der Waals surface area contributed by atoms with Crippen molar-refractivity contribution in [1.82, 2.24) is 4.90 Å². The highest BCUT2D eigenvalue weighted by atomic mass is 15.2. The highest BCUT2D eigenvalue weighted by Crippen LogP contribution is 2.34. The van der Waals surface area contributed by atoms with Crippen molar-refractivity contribution in [1.29, 1.82) is 0 Å². The summed E-state index contributed by atoms with van der Waals surface area (Å²) in [6.07, 6.45) is 6.48. The lowest BCUT2D eigenvalue weighted by Gasteiger charge is -2.42. The molecule has 1 aliphatic heterocycles. The van der Waals surface area contributed by atoms with E-state index in [4.69, 9.17) is 5.73 Å². The molecule has 0 saturated carbocycles. The molecule has 2 nitrogen and oxygen atoms in total. The average Bonchev–Trinajstić information content (AvgIpc) is 2.27. The van der Waals surface area contributed by atoms with Gasteiger partial charge in [-0.05, 0) is 50.7 Å². The van der Waals surface area contributed by atoms with E-state index < -0.39 is 0 Å². The Bertz CT molecular complexity index is 171. The largest absolute Gasteiger partial charge is 0.330 e. The Labute approximate surface area is 95.2 Å². The van der Waals surface area contributed by atoms with Crippen LogP contribution in [0.2, 0.25) is 0 Å². The summed E-state index contributed by atoms with van der Waals surface area (Å²) in [4.78, 5) is 2.66. The van der Waals surface area contributed by atoms with Gasteiger partial charge in [0.15, 0.2) is 0 Å². The number of hydrogen-bond acceptors (Lipinski definition) is 2. The maximum Gasteiger partial charge on any atom is 0.0105 e. The molecule has 2 heteroatoms. The first-order valence-corrected chi connectivity index (χ1v) is 6.59. The van der Waals surface area contributed by atoms with Crippen molar-refractivity contribution >= 4 is 0 Å². The highest BCUT2D eigenvalue weighted by molar-refractivity contribution is 4.84. The molecule has 1 unspecified atom stereocenters. The van der Waals surface area contributed by atoms with Gasteiger partial charge in [0.05, 0.1) is 0 Å². The summed E-state index contributed by atoms with van der Waals surface area (Å²) in [5.74, 6) is 0. The van der Waals surface area contributed by atoms with E-state index in [0.29, 0.717) is 5.41 Å². The maximum atomic E-state index is 5.66. The predicted octanol–water partition coefficient (Wildman–Crippen LogP) is 2.63. The van der Waals surface area contributed by atoms with Gasteiger partial charge in [-0.1, -0.05) is 27.2 Å². The van der Waals surface area contributed by atoms with Gasteiger partial charge in [0.2, 0.25) is 0 Å². The number of likely N-dealkylation sites (tertiary alicyclic amines) is 1. The number of nitrogens with zero attached hydrogens (tertiary/aromatic N) is 1. The van der Waals surface area contributed by atoms with E-state index in [-0.39, 0.29) is 0 Å². The summed E-state index contributed by atoms with van der Waals surface area (Å²) >= 11 is 0. The third-order valence-corrected chi connectivity index (χ3v) is 4.35. The molecule has 0 aromatic rings. The van der Waals surface area contributed by atoms with E-state index in [9.17, 15) is 0 Å². The Morgan fingerprint density at radius 2 is 1.87 bits per heavy atom. The lowest BCUT2D eigenvalue weighted by molar-refractivity contribution is 0.0763. The zero-order chi connectivity index (χ0) is 11.3. The van der Waals surface area contributed by atoms with Crippen molar-refractivity contribution in [2.24, 2.45) is 11.1 Å². The summed E-state index contributed by atoms with van der Waals surface area (Å²) in [7, 11) is 0. The lowest BCUT2D eigenvalue weighted by atomic mass is 9.78. The van der Waals surface area contributed by atoms with Crippen LogP contribution in [0.5, 0.6) is 0 Å². The quantitative estimate of drug-likeness (QED) is 0.759. The highest BCUT2D eigenvalue weighted by Gasteiger charge is 2.30. The molecule has 1 fully saturated rings. The van der Waals surface area contributed by atoms with Gasteiger partial charge in [0.25, 0.3) is 0 Å². The van der Waals surface area contributed by atoms with Crippen LogP contribution in [-0.2, 0) is 0 Å². The minimum Gasteiger partial charge on any atom is -0.330 e. The molecular formula is C13H28N2. The van der Waals surface area contributed by atoms with Crippen LogP contribution in [0.15, 0.2) is 0 Å². The second kappa shape index (κ2) is 5.86. The maximum absolute atomic E-state index is 5.66. The summed E-state index contributed by atoms with van der Waals surface area (Å²) in [5.41, 5.74) is 6.27. The van der Waals surface area contributed by atoms with E-state index >= 15 is 0 Å². The van der Waals surface area contributed by atoms with Crippen LogP contribution >= 0.6 is 0 Å². The van der Waals surface area contributed by atoms with Gasteiger partial charge >= 0.3 is 0 Å². The molecule has 1 saturated heterocycles. The van der Waals surface area contributed by atoms with Crippen LogP contribution in [0.1, 0.15) is 52.9 Å². The molecule has 1 heterocycles. The Morgan fingerprint density at radius 3 is 2.27 bits per heavy atom. The minimum absolute atomic E-state index is 0.609. The summed E-state index contributed by atoms with van der Waals surface area (Å²) < 4.78 is 0. The smallest absolute Gasteiger partial charge is 0.0105 e. The standard InChI is InChI=1S/C13H28N2/c1-4-12(6-9-14)15-10-7-13(3,5-2)8-11-15/h12H,4-11,14H2,1-3H3. The predicted molar refractivity (Wildman–Crippen MR) is 67.0 cm³/mol. The second-order valence-electron chi connectivity index (χ2n) is 5.34. The van der Waals surface area contributed by atoms with Crippen LogP contribution < -0.4 is 5.73 Å². The Kier molecular flexibility index (Phi) is 5.07.